The Balaban J connectivity index is 1.84. The van der Waals surface area contributed by atoms with Crippen molar-refractivity contribution in [1.29, 1.82) is 5.26 Å². The Morgan fingerprint density at radius 1 is 1.11 bits per heavy atom. The van der Waals surface area contributed by atoms with Crippen molar-refractivity contribution in [3.05, 3.63) is 77.2 Å². The molecule has 1 saturated carbocycles. The van der Waals surface area contributed by atoms with Gasteiger partial charge in [-0.15, -0.1) is 0 Å². The molecule has 178 valence electrons. The SMILES string of the molecule is CC(C)Oc1nc(-c2ccccc2F)nc2c1CC[C@H]1[C@H](C)C(=O)C(C#N)C[C@]21c1ccccc1. The van der Waals surface area contributed by atoms with E-state index in [-0.39, 0.29) is 29.5 Å². The third kappa shape index (κ3) is 3.70. The molecular weight excluding hydrogens is 441 g/mol. The number of fused-ring (bicyclic) bond motifs is 3. The first-order valence-corrected chi connectivity index (χ1v) is 12.2. The molecule has 6 heteroatoms. The zero-order chi connectivity index (χ0) is 24.7. The molecule has 0 amide bonds. The summed E-state index contributed by atoms with van der Waals surface area (Å²) in [7, 11) is 0. The van der Waals surface area contributed by atoms with Crippen molar-refractivity contribution < 1.29 is 13.9 Å². The van der Waals surface area contributed by atoms with Crippen molar-refractivity contribution in [3.63, 3.8) is 0 Å². The molecule has 3 aromatic rings. The Morgan fingerprint density at radius 3 is 2.51 bits per heavy atom. The average molecular weight is 470 g/mol. The van der Waals surface area contributed by atoms with E-state index >= 15 is 0 Å². The van der Waals surface area contributed by atoms with Gasteiger partial charge in [-0.1, -0.05) is 49.4 Å². The molecule has 0 aliphatic heterocycles. The lowest BCUT2D eigenvalue weighted by atomic mass is 9.51. The summed E-state index contributed by atoms with van der Waals surface area (Å²) < 4.78 is 21.0. The maximum absolute atomic E-state index is 14.9. The summed E-state index contributed by atoms with van der Waals surface area (Å²) in [5.74, 6) is -0.788. The van der Waals surface area contributed by atoms with E-state index in [9.17, 15) is 14.4 Å². The van der Waals surface area contributed by atoms with E-state index in [4.69, 9.17) is 9.72 Å². The van der Waals surface area contributed by atoms with Crippen LogP contribution in [0.4, 0.5) is 4.39 Å². The van der Waals surface area contributed by atoms with Crippen molar-refractivity contribution in [2.24, 2.45) is 17.8 Å². The lowest BCUT2D eigenvalue weighted by Crippen LogP contribution is -2.53. The first kappa shape index (κ1) is 23.2. The number of Topliss-reactive ketones (excluding diaryl/α,β-unsaturated/α-hetero) is 1. The minimum Gasteiger partial charge on any atom is -0.475 e. The molecule has 5 nitrogen and oxygen atoms in total. The monoisotopic (exact) mass is 469 g/mol. The van der Waals surface area contributed by atoms with Crippen molar-refractivity contribution >= 4 is 5.78 Å². The summed E-state index contributed by atoms with van der Waals surface area (Å²) in [4.78, 5) is 22.8. The van der Waals surface area contributed by atoms with Gasteiger partial charge in [0.2, 0.25) is 5.88 Å². The summed E-state index contributed by atoms with van der Waals surface area (Å²) in [6.07, 6.45) is 1.61. The van der Waals surface area contributed by atoms with Crippen LogP contribution in [-0.4, -0.2) is 21.9 Å². The van der Waals surface area contributed by atoms with Crippen LogP contribution >= 0.6 is 0 Å². The number of aromatic nitrogens is 2. The summed E-state index contributed by atoms with van der Waals surface area (Å²) in [6, 6.07) is 18.7. The summed E-state index contributed by atoms with van der Waals surface area (Å²) in [5, 5.41) is 9.94. The van der Waals surface area contributed by atoms with Crippen LogP contribution in [0.5, 0.6) is 5.88 Å². The van der Waals surface area contributed by atoms with Crippen molar-refractivity contribution in [2.45, 2.75) is 51.6 Å². The Bertz CT molecular complexity index is 1320. The maximum Gasteiger partial charge on any atom is 0.220 e. The Labute approximate surface area is 205 Å². The van der Waals surface area contributed by atoms with Gasteiger partial charge in [-0.2, -0.15) is 10.2 Å². The largest absolute Gasteiger partial charge is 0.475 e. The fourth-order valence-electron chi connectivity index (χ4n) is 6.04. The summed E-state index contributed by atoms with van der Waals surface area (Å²) >= 11 is 0. The standard InChI is InChI=1S/C29H28FN3O2/c1-17(2)35-28-22-13-14-23-18(3)25(34)19(16-31)15-29(23,20-9-5-4-6-10-20)26(22)32-27(33-28)21-11-7-8-12-24(21)30/h4-12,17-19,23H,13-15H2,1-3H3/t18-,19?,23-,29+/m0/s1. The van der Waals surface area contributed by atoms with Gasteiger partial charge in [0, 0.05) is 16.9 Å². The number of ether oxygens (including phenoxy) is 1. The number of hydrogen-bond donors (Lipinski definition) is 0. The third-order valence-corrected chi connectivity index (χ3v) is 7.56. The van der Waals surface area contributed by atoms with Gasteiger partial charge in [-0.05, 0) is 56.7 Å². The van der Waals surface area contributed by atoms with Crippen molar-refractivity contribution in [2.75, 3.05) is 0 Å². The number of carbonyl (C=O) groups is 1. The molecule has 0 N–H and O–H groups in total. The summed E-state index contributed by atoms with van der Waals surface area (Å²) in [5.41, 5.74) is 2.27. The lowest BCUT2D eigenvalue weighted by Gasteiger charge is -2.51. The van der Waals surface area contributed by atoms with Gasteiger partial charge in [0.25, 0.3) is 0 Å². The number of hydrogen-bond acceptors (Lipinski definition) is 5. The van der Waals surface area contributed by atoms with Crippen molar-refractivity contribution in [1.82, 2.24) is 9.97 Å². The zero-order valence-electron chi connectivity index (χ0n) is 20.2. The van der Waals surface area contributed by atoms with Gasteiger partial charge in [0.1, 0.15) is 11.7 Å². The van der Waals surface area contributed by atoms with Crippen molar-refractivity contribution in [3.8, 4) is 23.3 Å². The first-order valence-electron chi connectivity index (χ1n) is 12.2. The Hall–Kier alpha value is -3.59. The third-order valence-electron chi connectivity index (χ3n) is 7.56. The van der Waals surface area contributed by atoms with E-state index in [0.29, 0.717) is 24.3 Å². The zero-order valence-corrected chi connectivity index (χ0v) is 20.2. The second kappa shape index (κ2) is 8.88. The smallest absolute Gasteiger partial charge is 0.220 e. The average Bonchev–Trinajstić information content (AvgIpc) is 2.86. The van der Waals surface area contributed by atoms with E-state index < -0.39 is 17.2 Å². The number of halogens is 1. The number of nitriles is 1. The van der Waals surface area contributed by atoms with E-state index in [1.165, 1.54) is 6.07 Å². The molecule has 2 aromatic carbocycles. The number of ketones is 1. The molecule has 0 radical (unpaired) electrons. The van der Waals surface area contributed by atoms with E-state index in [1.807, 2.05) is 51.1 Å². The van der Waals surface area contributed by atoms with Crippen LogP contribution in [0.1, 0.15) is 50.4 Å². The molecule has 35 heavy (non-hydrogen) atoms. The van der Waals surface area contributed by atoms with Crippen LogP contribution in [-0.2, 0) is 16.6 Å². The van der Waals surface area contributed by atoms with Gasteiger partial charge in [-0.3, -0.25) is 4.79 Å². The van der Waals surface area contributed by atoms with Crippen LogP contribution in [0.2, 0.25) is 0 Å². The fourth-order valence-corrected chi connectivity index (χ4v) is 6.04. The van der Waals surface area contributed by atoms with Gasteiger partial charge in [-0.25, -0.2) is 9.37 Å². The second-order valence-corrected chi connectivity index (χ2v) is 9.89. The van der Waals surface area contributed by atoms with E-state index in [1.54, 1.807) is 18.2 Å². The lowest BCUT2D eigenvalue weighted by molar-refractivity contribution is -0.131. The quantitative estimate of drug-likeness (QED) is 0.492. The highest BCUT2D eigenvalue weighted by Crippen LogP contribution is 2.57. The fraction of sp³-hybridized carbons (Fsp3) is 0.379. The normalized spacial score (nSPS) is 25.5. The molecule has 0 spiro atoms. The number of nitrogens with zero attached hydrogens (tertiary/aromatic N) is 3. The van der Waals surface area contributed by atoms with Crippen LogP contribution in [0.25, 0.3) is 11.4 Å². The molecule has 2 aliphatic carbocycles. The topological polar surface area (TPSA) is 75.9 Å². The predicted octanol–water partition coefficient (Wildman–Crippen LogP) is 5.67. The van der Waals surface area contributed by atoms with Crippen LogP contribution in [0.15, 0.2) is 54.6 Å². The minimum absolute atomic E-state index is 0.00505. The Kier molecular flexibility index (Phi) is 5.88. The van der Waals surface area contributed by atoms with Gasteiger partial charge in [0.15, 0.2) is 11.6 Å². The van der Waals surface area contributed by atoms with Crippen LogP contribution < -0.4 is 4.74 Å². The number of rotatable bonds is 4. The number of carbonyl (C=O) groups excluding carboxylic acids is 1. The first-order chi connectivity index (χ1) is 16.9. The highest BCUT2D eigenvalue weighted by atomic mass is 19.1. The van der Waals surface area contributed by atoms with E-state index in [0.717, 1.165) is 23.2 Å². The molecule has 0 saturated heterocycles. The number of benzene rings is 2. The molecule has 1 heterocycles. The van der Waals surface area contributed by atoms with Gasteiger partial charge in [0.05, 0.1) is 23.4 Å². The molecule has 2 aliphatic rings. The highest BCUT2D eigenvalue weighted by molar-refractivity contribution is 5.87. The van der Waals surface area contributed by atoms with E-state index in [2.05, 4.69) is 11.1 Å². The van der Waals surface area contributed by atoms with Crippen LogP contribution in [0.3, 0.4) is 0 Å². The Morgan fingerprint density at radius 2 is 1.83 bits per heavy atom. The van der Waals surface area contributed by atoms with Crippen LogP contribution in [0, 0.1) is 34.9 Å². The molecule has 1 unspecified atom stereocenters. The minimum atomic E-state index is -0.742. The predicted molar refractivity (Wildman–Crippen MR) is 130 cm³/mol. The highest BCUT2D eigenvalue weighted by Gasteiger charge is 2.57. The second-order valence-electron chi connectivity index (χ2n) is 9.89. The molecule has 1 fully saturated rings. The van der Waals surface area contributed by atoms with Gasteiger partial charge < -0.3 is 4.74 Å². The van der Waals surface area contributed by atoms with Gasteiger partial charge >= 0.3 is 0 Å². The maximum atomic E-state index is 14.9. The molecule has 5 rings (SSSR count). The molecule has 1 aromatic heterocycles. The molecule has 0 bridgehead atoms. The molecule has 4 atom stereocenters. The molecular formula is C29H28FN3O2. The summed E-state index contributed by atoms with van der Waals surface area (Å²) in [6.45, 7) is 5.80.